The van der Waals surface area contributed by atoms with Crippen molar-refractivity contribution >= 4 is 17.7 Å². The molecule has 0 radical (unpaired) electrons. The van der Waals surface area contributed by atoms with Gasteiger partial charge < -0.3 is 9.84 Å². The monoisotopic (exact) mass is 176 g/mol. The fraction of sp³-hybridized carbons (Fsp3) is 0.857. The molecule has 2 unspecified atom stereocenters. The molecule has 1 fully saturated rings. The average Bonchev–Trinajstić information content (AvgIpc) is 2.05. The molecule has 2 atom stereocenters. The maximum Gasteiger partial charge on any atom is 0.308 e. The molecule has 4 heteroatoms. The molecule has 0 aromatic heterocycles. The first-order chi connectivity index (χ1) is 5.24. The fourth-order valence-electron chi connectivity index (χ4n) is 1.13. The van der Waals surface area contributed by atoms with Crippen molar-refractivity contribution in [3.05, 3.63) is 0 Å². The zero-order valence-corrected chi connectivity index (χ0v) is 7.26. The number of carbonyl (C=O) groups is 1. The Morgan fingerprint density at radius 3 is 2.91 bits per heavy atom. The third-order valence-corrected chi connectivity index (χ3v) is 2.85. The molecule has 1 aliphatic rings. The number of carboxylic acids is 1. The molecule has 3 nitrogen and oxygen atoms in total. The van der Waals surface area contributed by atoms with Gasteiger partial charge in [0.05, 0.1) is 19.1 Å². The molecule has 0 bridgehead atoms. The Morgan fingerprint density at radius 2 is 2.36 bits per heavy atom. The van der Waals surface area contributed by atoms with Crippen LogP contribution in [-0.4, -0.2) is 35.8 Å². The standard InChI is InChI=1S/C7H12O3S/c1-11-6-2-5(7(8)9)3-10-4-6/h5-6H,2-4H2,1H3,(H,8,9). The van der Waals surface area contributed by atoms with Gasteiger partial charge in [0.25, 0.3) is 0 Å². The van der Waals surface area contributed by atoms with Crippen LogP contribution in [0.25, 0.3) is 0 Å². The predicted molar refractivity (Wildman–Crippen MR) is 43.9 cm³/mol. The van der Waals surface area contributed by atoms with Crippen molar-refractivity contribution in [1.29, 1.82) is 0 Å². The summed E-state index contributed by atoms with van der Waals surface area (Å²) in [7, 11) is 0. The molecule has 1 N–H and O–H groups in total. The van der Waals surface area contributed by atoms with Gasteiger partial charge in [0.2, 0.25) is 0 Å². The third-order valence-electron chi connectivity index (χ3n) is 1.85. The van der Waals surface area contributed by atoms with E-state index in [0.717, 1.165) is 6.42 Å². The molecule has 0 spiro atoms. The lowest BCUT2D eigenvalue weighted by atomic mass is 10.0. The minimum Gasteiger partial charge on any atom is -0.481 e. The van der Waals surface area contributed by atoms with Crippen LogP contribution in [0.4, 0.5) is 0 Å². The minimum atomic E-state index is -0.733. The van der Waals surface area contributed by atoms with Crippen molar-refractivity contribution < 1.29 is 14.6 Å². The molecule has 1 aliphatic heterocycles. The van der Waals surface area contributed by atoms with Gasteiger partial charge in [-0.15, -0.1) is 0 Å². The van der Waals surface area contributed by atoms with Crippen LogP contribution in [0.1, 0.15) is 6.42 Å². The maximum atomic E-state index is 10.5. The Labute approximate surface area is 70.1 Å². The summed E-state index contributed by atoms with van der Waals surface area (Å²) in [5.74, 6) is -1.02. The molecule has 0 aromatic carbocycles. The topological polar surface area (TPSA) is 46.5 Å². The summed E-state index contributed by atoms with van der Waals surface area (Å²) in [5, 5.41) is 9.03. The van der Waals surface area contributed by atoms with Crippen LogP contribution in [0.3, 0.4) is 0 Å². The van der Waals surface area contributed by atoms with Crippen LogP contribution >= 0.6 is 11.8 Å². The number of thioether (sulfide) groups is 1. The van der Waals surface area contributed by atoms with Crippen LogP contribution < -0.4 is 0 Å². The van der Waals surface area contributed by atoms with E-state index in [-0.39, 0.29) is 5.92 Å². The van der Waals surface area contributed by atoms with Gasteiger partial charge in [-0.3, -0.25) is 4.79 Å². The van der Waals surface area contributed by atoms with Crippen LogP contribution in [0, 0.1) is 5.92 Å². The van der Waals surface area contributed by atoms with E-state index in [0.29, 0.717) is 18.5 Å². The molecule has 64 valence electrons. The van der Waals surface area contributed by atoms with Crippen LogP contribution in [0.2, 0.25) is 0 Å². The third kappa shape index (κ3) is 2.38. The molecular weight excluding hydrogens is 164 g/mol. The number of carboxylic acid groups (broad SMARTS) is 1. The summed E-state index contributed by atoms with van der Waals surface area (Å²) < 4.78 is 5.15. The summed E-state index contributed by atoms with van der Waals surface area (Å²) in [6.07, 6.45) is 2.73. The number of hydrogen-bond donors (Lipinski definition) is 1. The zero-order chi connectivity index (χ0) is 8.27. The van der Waals surface area contributed by atoms with Crippen molar-refractivity contribution in [2.24, 2.45) is 5.92 Å². The zero-order valence-electron chi connectivity index (χ0n) is 6.45. The van der Waals surface area contributed by atoms with E-state index in [1.807, 2.05) is 6.26 Å². The Kier molecular flexibility index (Phi) is 3.20. The van der Waals surface area contributed by atoms with E-state index in [4.69, 9.17) is 9.84 Å². The van der Waals surface area contributed by atoms with Gasteiger partial charge in [-0.2, -0.15) is 11.8 Å². The largest absolute Gasteiger partial charge is 0.481 e. The van der Waals surface area contributed by atoms with Crippen molar-refractivity contribution in [2.75, 3.05) is 19.5 Å². The Bertz CT molecular complexity index is 149. The van der Waals surface area contributed by atoms with Gasteiger partial charge in [0.1, 0.15) is 0 Å². The van der Waals surface area contributed by atoms with E-state index in [2.05, 4.69) is 0 Å². The lowest BCUT2D eigenvalue weighted by molar-refractivity contribution is -0.145. The molecule has 0 aliphatic carbocycles. The summed E-state index contributed by atoms with van der Waals surface area (Å²) in [5.41, 5.74) is 0. The van der Waals surface area contributed by atoms with Crippen molar-refractivity contribution in [1.82, 2.24) is 0 Å². The van der Waals surface area contributed by atoms with E-state index < -0.39 is 5.97 Å². The number of aliphatic carboxylic acids is 1. The number of hydrogen-bond acceptors (Lipinski definition) is 3. The molecule has 0 aromatic rings. The van der Waals surface area contributed by atoms with Crippen molar-refractivity contribution in [2.45, 2.75) is 11.7 Å². The smallest absolute Gasteiger partial charge is 0.308 e. The average molecular weight is 176 g/mol. The maximum absolute atomic E-state index is 10.5. The van der Waals surface area contributed by atoms with E-state index >= 15 is 0 Å². The first-order valence-electron chi connectivity index (χ1n) is 3.57. The summed E-state index contributed by atoms with van der Waals surface area (Å²) in [6, 6.07) is 0. The molecule has 0 saturated carbocycles. The molecule has 1 rings (SSSR count). The van der Waals surface area contributed by atoms with Crippen molar-refractivity contribution in [3.8, 4) is 0 Å². The van der Waals surface area contributed by atoms with Crippen LogP contribution in [0.15, 0.2) is 0 Å². The molecule has 1 saturated heterocycles. The lowest BCUT2D eigenvalue weighted by Crippen LogP contribution is -2.32. The summed E-state index contributed by atoms with van der Waals surface area (Å²) in [6.45, 7) is 1.08. The second-order valence-corrected chi connectivity index (χ2v) is 3.80. The number of rotatable bonds is 2. The second-order valence-electron chi connectivity index (χ2n) is 2.67. The van der Waals surface area contributed by atoms with Gasteiger partial charge in [-0.05, 0) is 12.7 Å². The predicted octanol–water partition coefficient (Wildman–Crippen LogP) is 0.839. The highest BCUT2D eigenvalue weighted by molar-refractivity contribution is 7.99. The molecule has 11 heavy (non-hydrogen) atoms. The highest BCUT2D eigenvalue weighted by atomic mass is 32.2. The van der Waals surface area contributed by atoms with E-state index in [1.54, 1.807) is 11.8 Å². The first kappa shape index (κ1) is 8.87. The summed E-state index contributed by atoms with van der Waals surface area (Å²) >= 11 is 1.68. The molecule has 0 amide bonds. The lowest BCUT2D eigenvalue weighted by Gasteiger charge is -2.25. The normalized spacial score (nSPS) is 31.7. The Hall–Kier alpha value is -0.220. The van der Waals surface area contributed by atoms with Crippen molar-refractivity contribution in [3.63, 3.8) is 0 Å². The SMILES string of the molecule is CSC1COCC(C(=O)O)C1. The van der Waals surface area contributed by atoms with E-state index in [9.17, 15) is 4.79 Å². The Morgan fingerprint density at radius 1 is 1.64 bits per heavy atom. The molecule has 1 heterocycles. The van der Waals surface area contributed by atoms with Gasteiger partial charge in [-0.25, -0.2) is 0 Å². The fourth-order valence-corrected chi connectivity index (χ4v) is 1.79. The highest BCUT2D eigenvalue weighted by Gasteiger charge is 2.26. The quantitative estimate of drug-likeness (QED) is 0.677. The molecular formula is C7H12O3S. The van der Waals surface area contributed by atoms with Crippen LogP contribution in [0.5, 0.6) is 0 Å². The van der Waals surface area contributed by atoms with Gasteiger partial charge in [-0.1, -0.05) is 0 Å². The van der Waals surface area contributed by atoms with Gasteiger partial charge in [0.15, 0.2) is 0 Å². The summed E-state index contributed by atoms with van der Waals surface area (Å²) in [4.78, 5) is 10.5. The van der Waals surface area contributed by atoms with E-state index in [1.165, 1.54) is 0 Å². The highest BCUT2D eigenvalue weighted by Crippen LogP contribution is 2.22. The minimum absolute atomic E-state index is 0.291. The van der Waals surface area contributed by atoms with Gasteiger partial charge in [0, 0.05) is 5.25 Å². The Balaban J connectivity index is 2.39. The second kappa shape index (κ2) is 3.97. The number of ether oxygens (including phenoxy) is 1. The first-order valence-corrected chi connectivity index (χ1v) is 4.86. The van der Waals surface area contributed by atoms with Crippen LogP contribution in [-0.2, 0) is 9.53 Å². The van der Waals surface area contributed by atoms with Gasteiger partial charge >= 0.3 is 5.97 Å².